The average Bonchev–Trinajstić information content (AvgIpc) is 3.58. The monoisotopic (exact) mass is 832 g/mol. The number of allylic oxidation sites excluding steroid dienone is 6. The summed E-state index contributed by atoms with van der Waals surface area (Å²) in [4.78, 5) is 28.2. The molecule has 0 atom stereocenters. The first-order valence-electron chi connectivity index (χ1n) is 17.1. The summed E-state index contributed by atoms with van der Waals surface area (Å²) in [5.41, 5.74) is 2.59. The van der Waals surface area contributed by atoms with Gasteiger partial charge in [0.25, 0.3) is 11.1 Å². The summed E-state index contributed by atoms with van der Waals surface area (Å²) in [6, 6.07) is 25.4. The second kappa shape index (κ2) is 18.6. The summed E-state index contributed by atoms with van der Waals surface area (Å²) in [5, 5.41) is 72.9. The Hall–Kier alpha value is -8.25. The number of hydrogen-bond donors (Lipinski definition) is 2. The van der Waals surface area contributed by atoms with E-state index in [2.05, 4.69) is 20.5 Å². The van der Waals surface area contributed by atoms with Gasteiger partial charge in [-0.25, -0.2) is 9.36 Å². The molecule has 0 spiro atoms. The summed E-state index contributed by atoms with van der Waals surface area (Å²) < 4.78 is 6.31. The number of nitriles is 4. The van der Waals surface area contributed by atoms with Gasteiger partial charge in [0.2, 0.25) is 11.8 Å². The van der Waals surface area contributed by atoms with Crippen LogP contribution < -0.4 is 11.1 Å². The van der Waals surface area contributed by atoms with Crippen molar-refractivity contribution >= 4 is 11.4 Å². The predicted octanol–water partition coefficient (Wildman–Crippen LogP) is 6.19. The number of likely N-dealkylation sites (N-methyl/N-ethyl adjacent to an activating group) is 2. The fraction of sp³-hybridized carbons (Fsp3) is 0.150. The smallest absolute Gasteiger partial charge is 0.299 e. The van der Waals surface area contributed by atoms with Crippen molar-refractivity contribution in [1.29, 1.82) is 21.0 Å². The molecule has 0 bridgehead atoms. The Morgan fingerprint density at radius 2 is 0.864 bits per heavy atom. The molecule has 0 amide bonds. The first-order valence-corrected chi connectivity index (χ1v) is 17.1. The first kappa shape index (κ1) is 43.5. The third kappa shape index (κ3) is 8.47. The molecule has 4 aromatic rings. The molecule has 0 saturated heterocycles. The second-order valence-corrected chi connectivity index (χ2v) is 12.4. The Morgan fingerprint density at radius 1 is 0.542 bits per heavy atom. The summed E-state index contributed by atoms with van der Waals surface area (Å²) in [6.45, 7) is 3.50. The molecule has 2 aromatic carbocycles. The molecule has 2 aliphatic rings. The van der Waals surface area contributed by atoms with Crippen LogP contribution in [0.1, 0.15) is 11.4 Å². The number of azo groups is 2. The average molecular weight is 833 g/mol. The van der Waals surface area contributed by atoms with Gasteiger partial charge in [0.15, 0.2) is 22.5 Å². The van der Waals surface area contributed by atoms with E-state index in [0.717, 1.165) is 0 Å². The summed E-state index contributed by atoms with van der Waals surface area (Å²) in [6.07, 6.45) is 5.82. The van der Waals surface area contributed by atoms with Gasteiger partial charge in [0.1, 0.15) is 35.7 Å². The van der Waals surface area contributed by atoms with Crippen LogP contribution in [-0.4, -0.2) is 52.8 Å². The van der Waals surface area contributed by atoms with Crippen molar-refractivity contribution in [3.63, 3.8) is 0 Å². The SMILES string of the molecule is Cc1c(N=NC2=C(O)N(C)C(=C(C#N)C#N)C=C2)c(=O)n(-c2ccccc2)n1C.Cc1c(N=NC2=C(O)N(C)C(=C(C#N)C#N)C=C2)c(=O)n(-c2ccccc2)n1C.[Ni]. The maximum absolute atomic E-state index is 12.9. The van der Waals surface area contributed by atoms with Crippen LogP contribution in [0.2, 0.25) is 0 Å². The maximum atomic E-state index is 12.9. The van der Waals surface area contributed by atoms with Crippen LogP contribution in [0.15, 0.2) is 161 Å². The van der Waals surface area contributed by atoms with Gasteiger partial charge in [0.05, 0.1) is 34.2 Å². The zero-order chi connectivity index (χ0) is 42.3. The van der Waals surface area contributed by atoms with Crippen LogP contribution in [-0.2, 0) is 30.6 Å². The Balaban J connectivity index is 0.000000256. The van der Waals surface area contributed by atoms with E-state index in [9.17, 15) is 19.8 Å². The normalized spacial score (nSPS) is 13.5. The van der Waals surface area contributed by atoms with Crippen molar-refractivity contribution in [1.82, 2.24) is 28.5 Å². The predicted molar refractivity (Wildman–Crippen MR) is 210 cm³/mol. The van der Waals surface area contributed by atoms with Crippen molar-refractivity contribution < 1.29 is 26.7 Å². The molecular weight excluding hydrogens is 799 g/mol. The number of nitrogens with zero attached hydrogens (tertiary/aromatic N) is 14. The Bertz CT molecular complexity index is 2630. The van der Waals surface area contributed by atoms with E-state index in [-0.39, 0.29) is 84.7 Å². The maximum Gasteiger partial charge on any atom is 0.299 e. The molecule has 4 heterocycles. The van der Waals surface area contributed by atoms with Gasteiger partial charge in [-0.2, -0.15) is 21.0 Å². The zero-order valence-electron chi connectivity index (χ0n) is 32.4. The largest absolute Gasteiger partial charge is 0.493 e. The molecule has 2 aliphatic heterocycles. The molecule has 18 nitrogen and oxygen atoms in total. The van der Waals surface area contributed by atoms with E-state index < -0.39 is 0 Å². The Kier molecular flexibility index (Phi) is 13.7. The van der Waals surface area contributed by atoms with Crippen molar-refractivity contribution in [2.24, 2.45) is 34.6 Å². The third-order valence-corrected chi connectivity index (χ3v) is 9.14. The summed E-state index contributed by atoms with van der Waals surface area (Å²) in [5.74, 6) is -0.572. The van der Waals surface area contributed by atoms with Crippen LogP contribution in [0.3, 0.4) is 0 Å². The van der Waals surface area contributed by atoms with Crippen LogP contribution in [0.25, 0.3) is 11.4 Å². The minimum atomic E-state index is -0.343. The number of aliphatic hydroxyl groups is 2. The van der Waals surface area contributed by atoms with Gasteiger partial charge >= 0.3 is 0 Å². The fourth-order valence-corrected chi connectivity index (χ4v) is 5.74. The molecule has 298 valence electrons. The third-order valence-electron chi connectivity index (χ3n) is 9.14. The van der Waals surface area contributed by atoms with Crippen molar-refractivity contribution in [2.75, 3.05) is 14.1 Å². The summed E-state index contributed by atoms with van der Waals surface area (Å²) in [7, 11) is 6.48. The minimum Gasteiger partial charge on any atom is -0.493 e. The molecule has 0 radical (unpaired) electrons. The molecule has 0 aliphatic carbocycles. The topological polar surface area (TPSA) is 245 Å². The molecule has 59 heavy (non-hydrogen) atoms. The van der Waals surface area contributed by atoms with E-state index in [1.54, 1.807) is 61.6 Å². The van der Waals surface area contributed by atoms with Crippen LogP contribution in [0, 0.1) is 59.2 Å². The van der Waals surface area contributed by atoms with E-state index >= 15 is 0 Å². The minimum absolute atomic E-state index is 0. The molecule has 0 fully saturated rings. The number of para-hydroxylation sites is 2. The molecule has 2 aromatic heterocycles. The quantitative estimate of drug-likeness (QED) is 0.127. The van der Waals surface area contributed by atoms with Gasteiger partial charge in [-0.15, -0.1) is 20.5 Å². The second-order valence-electron chi connectivity index (χ2n) is 12.4. The zero-order valence-corrected chi connectivity index (χ0v) is 33.4. The van der Waals surface area contributed by atoms with Crippen molar-refractivity contribution in [3.05, 3.63) is 163 Å². The van der Waals surface area contributed by atoms with E-state index in [1.165, 1.54) is 57.6 Å². The van der Waals surface area contributed by atoms with E-state index in [4.69, 9.17) is 21.0 Å². The van der Waals surface area contributed by atoms with Gasteiger partial charge in [-0.05, 0) is 62.4 Å². The molecule has 0 unspecified atom stereocenters. The molecule has 2 N–H and O–H groups in total. The van der Waals surface area contributed by atoms with Gasteiger partial charge < -0.3 is 20.0 Å². The molecule has 6 rings (SSSR count). The van der Waals surface area contributed by atoms with Gasteiger partial charge in [-0.3, -0.25) is 19.0 Å². The van der Waals surface area contributed by atoms with E-state index in [0.29, 0.717) is 22.8 Å². The van der Waals surface area contributed by atoms with Crippen LogP contribution in [0.5, 0.6) is 0 Å². The molecule has 0 saturated carbocycles. The Morgan fingerprint density at radius 3 is 1.17 bits per heavy atom. The van der Waals surface area contributed by atoms with Crippen LogP contribution >= 0.6 is 0 Å². The Labute approximate surface area is 347 Å². The number of aliphatic hydroxyl groups excluding tert-OH is 2. The number of hydrogen-bond acceptors (Lipinski definition) is 14. The van der Waals surface area contributed by atoms with Crippen molar-refractivity contribution in [3.8, 4) is 35.7 Å². The standard InChI is InChI=1S/2C20H17N7O2.Ni/c2*1-13-18(20(29)27(26(13)3)15-7-5-4-6-8-15)24-23-16-9-10-17(14(11-21)12-22)25(2)19(16)28;/h2*4-10,28H,1-3H3;. The van der Waals surface area contributed by atoms with Crippen molar-refractivity contribution in [2.45, 2.75) is 13.8 Å². The number of benzene rings is 2. The van der Waals surface area contributed by atoms with Gasteiger partial charge in [-0.1, -0.05) is 36.4 Å². The first-order chi connectivity index (χ1) is 27.8. The number of rotatable bonds is 6. The summed E-state index contributed by atoms with van der Waals surface area (Å²) >= 11 is 0. The number of aromatic nitrogens is 4. The van der Waals surface area contributed by atoms with E-state index in [1.807, 2.05) is 60.7 Å². The molecular formula is C40H34N14NiO4. The van der Waals surface area contributed by atoms with Gasteiger partial charge in [0, 0.05) is 44.7 Å². The molecule has 19 heteroatoms. The van der Waals surface area contributed by atoms with Crippen LogP contribution in [0.4, 0.5) is 11.4 Å². The fourth-order valence-electron chi connectivity index (χ4n) is 5.74.